The number of nitro groups is 1. The second-order valence-electron chi connectivity index (χ2n) is 6.64. The third kappa shape index (κ3) is 3.96. The maximum Gasteiger partial charge on any atom is 0.272 e. The summed E-state index contributed by atoms with van der Waals surface area (Å²) in [4.78, 5) is 11.9. The minimum atomic E-state index is -0.335. The molecular formula is C19H20N4O3S2. The Morgan fingerprint density at radius 3 is 2.96 bits per heavy atom. The Hall–Kier alpha value is -2.23. The highest BCUT2D eigenvalue weighted by molar-refractivity contribution is 7.98. The molecule has 146 valence electrons. The summed E-state index contributed by atoms with van der Waals surface area (Å²) in [6.07, 6.45) is 2.29. The van der Waals surface area contributed by atoms with Crippen molar-refractivity contribution < 1.29 is 9.66 Å². The lowest BCUT2D eigenvalue weighted by Gasteiger charge is -2.14. The van der Waals surface area contributed by atoms with Crippen molar-refractivity contribution in [3.63, 3.8) is 0 Å². The predicted octanol–water partition coefficient (Wildman–Crippen LogP) is 4.69. The number of aromatic nitrogens is 3. The van der Waals surface area contributed by atoms with E-state index < -0.39 is 0 Å². The standard InChI is InChI=1S/C19H20N4O3S2/c1-13-14(5-2-7-16(13)23(24)25)12-28-19-21-20-18(17-8-4-10-27-17)22(19)11-15-6-3-9-26-15/h2,4-5,7-8,10,15H,3,6,9,11-12H2,1H3/t15-/m0/s1. The largest absolute Gasteiger partial charge is 0.376 e. The van der Waals surface area contributed by atoms with E-state index in [4.69, 9.17) is 4.74 Å². The molecule has 0 bridgehead atoms. The zero-order valence-corrected chi connectivity index (χ0v) is 17.0. The Morgan fingerprint density at radius 2 is 2.25 bits per heavy atom. The fraction of sp³-hybridized carbons (Fsp3) is 0.368. The van der Waals surface area contributed by atoms with E-state index in [0.29, 0.717) is 11.3 Å². The summed E-state index contributed by atoms with van der Waals surface area (Å²) >= 11 is 3.19. The summed E-state index contributed by atoms with van der Waals surface area (Å²) < 4.78 is 7.94. The third-order valence-corrected chi connectivity index (χ3v) is 6.72. The van der Waals surface area contributed by atoms with E-state index in [1.807, 2.05) is 23.6 Å². The number of hydrogen-bond donors (Lipinski definition) is 0. The first-order chi connectivity index (χ1) is 13.6. The summed E-state index contributed by atoms with van der Waals surface area (Å²) in [5.41, 5.74) is 1.78. The molecule has 1 aromatic carbocycles. The van der Waals surface area contributed by atoms with Crippen molar-refractivity contribution >= 4 is 28.8 Å². The first kappa shape index (κ1) is 19.1. The molecule has 0 unspecified atom stereocenters. The van der Waals surface area contributed by atoms with Gasteiger partial charge in [0.1, 0.15) is 0 Å². The molecule has 7 nitrogen and oxygen atoms in total. The Balaban J connectivity index is 1.59. The van der Waals surface area contributed by atoms with Crippen LogP contribution in [0.25, 0.3) is 10.7 Å². The van der Waals surface area contributed by atoms with Crippen LogP contribution in [0.5, 0.6) is 0 Å². The maximum absolute atomic E-state index is 11.2. The van der Waals surface area contributed by atoms with E-state index in [1.54, 1.807) is 42.2 Å². The van der Waals surface area contributed by atoms with Gasteiger partial charge in [0.15, 0.2) is 11.0 Å². The van der Waals surface area contributed by atoms with E-state index in [9.17, 15) is 10.1 Å². The summed E-state index contributed by atoms with van der Waals surface area (Å²) in [5, 5.41) is 22.9. The van der Waals surface area contributed by atoms with E-state index in [0.717, 1.165) is 47.4 Å². The molecule has 3 aromatic rings. The van der Waals surface area contributed by atoms with Crippen molar-refractivity contribution in [2.45, 2.75) is 43.3 Å². The van der Waals surface area contributed by atoms with Gasteiger partial charge in [-0.15, -0.1) is 21.5 Å². The lowest BCUT2D eigenvalue weighted by atomic mass is 10.1. The van der Waals surface area contributed by atoms with Crippen molar-refractivity contribution in [1.29, 1.82) is 0 Å². The lowest BCUT2D eigenvalue weighted by molar-refractivity contribution is -0.385. The van der Waals surface area contributed by atoms with Crippen LogP contribution in [0.1, 0.15) is 24.0 Å². The van der Waals surface area contributed by atoms with Gasteiger partial charge in [0, 0.05) is 24.0 Å². The maximum atomic E-state index is 11.2. The smallest absolute Gasteiger partial charge is 0.272 e. The van der Waals surface area contributed by atoms with E-state index in [1.165, 1.54) is 0 Å². The van der Waals surface area contributed by atoms with Gasteiger partial charge in [0.05, 0.1) is 22.4 Å². The second kappa shape index (κ2) is 8.42. The molecule has 9 heteroatoms. The van der Waals surface area contributed by atoms with Crippen molar-refractivity contribution in [2.75, 3.05) is 6.61 Å². The topological polar surface area (TPSA) is 83.1 Å². The van der Waals surface area contributed by atoms with Crippen LogP contribution in [0.4, 0.5) is 5.69 Å². The van der Waals surface area contributed by atoms with Crippen LogP contribution >= 0.6 is 23.1 Å². The Kier molecular flexibility index (Phi) is 5.74. The number of nitro benzene ring substituents is 1. The Labute approximate surface area is 170 Å². The monoisotopic (exact) mass is 416 g/mol. The molecular weight excluding hydrogens is 396 g/mol. The number of thioether (sulfide) groups is 1. The van der Waals surface area contributed by atoms with Gasteiger partial charge in [-0.3, -0.25) is 14.7 Å². The fourth-order valence-corrected chi connectivity index (χ4v) is 5.04. The predicted molar refractivity (Wildman–Crippen MR) is 110 cm³/mol. The molecule has 2 aromatic heterocycles. The van der Waals surface area contributed by atoms with Crippen LogP contribution < -0.4 is 0 Å². The van der Waals surface area contributed by atoms with Crippen molar-refractivity contribution in [1.82, 2.24) is 14.8 Å². The molecule has 0 saturated carbocycles. The highest BCUT2D eigenvalue weighted by Gasteiger charge is 2.22. The van der Waals surface area contributed by atoms with Crippen LogP contribution in [-0.4, -0.2) is 32.4 Å². The van der Waals surface area contributed by atoms with Gasteiger partial charge in [-0.05, 0) is 36.8 Å². The van der Waals surface area contributed by atoms with Crippen LogP contribution in [0, 0.1) is 17.0 Å². The zero-order valence-electron chi connectivity index (χ0n) is 15.4. The molecule has 1 saturated heterocycles. The minimum Gasteiger partial charge on any atom is -0.376 e. The molecule has 0 spiro atoms. The lowest BCUT2D eigenvalue weighted by Crippen LogP contribution is -2.16. The average molecular weight is 417 g/mol. The molecule has 0 amide bonds. The molecule has 1 atom stereocenters. The van der Waals surface area contributed by atoms with Gasteiger partial charge in [-0.2, -0.15) is 0 Å². The molecule has 1 aliphatic rings. The first-order valence-electron chi connectivity index (χ1n) is 9.08. The second-order valence-corrected chi connectivity index (χ2v) is 8.53. The highest BCUT2D eigenvalue weighted by Crippen LogP contribution is 2.32. The summed E-state index contributed by atoms with van der Waals surface area (Å²) in [5.74, 6) is 1.45. The van der Waals surface area contributed by atoms with Crippen molar-refractivity contribution in [3.05, 3.63) is 57.0 Å². The highest BCUT2D eigenvalue weighted by atomic mass is 32.2. The van der Waals surface area contributed by atoms with Crippen molar-refractivity contribution in [2.24, 2.45) is 0 Å². The number of nitrogens with zero attached hydrogens (tertiary/aromatic N) is 4. The van der Waals surface area contributed by atoms with Crippen LogP contribution in [-0.2, 0) is 17.0 Å². The van der Waals surface area contributed by atoms with E-state index >= 15 is 0 Å². The molecule has 1 fully saturated rings. The molecule has 0 N–H and O–H groups in total. The Bertz CT molecular complexity index is 966. The molecule has 1 aliphatic heterocycles. The number of rotatable bonds is 7. The average Bonchev–Trinajstić information content (AvgIpc) is 3.43. The van der Waals surface area contributed by atoms with Crippen LogP contribution in [0.3, 0.4) is 0 Å². The SMILES string of the molecule is Cc1c(CSc2nnc(-c3cccs3)n2C[C@@H]2CCCO2)cccc1[N+](=O)[O-]. The number of ether oxygens (including phenoxy) is 1. The molecule has 3 heterocycles. The van der Waals surface area contributed by atoms with Gasteiger partial charge < -0.3 is 4.74 Å². The number of hydrogen-bond acceptors (Lipinski definition) is 7. The third-order valence-electron chi connectivity index (χ3n) is 4.84. The summed E-state index contributed by atoms with van der Waals surface area (Å²) in [7, 11) is 0. The van der Waals surface area contributed by atoms with Gasteiger partial charge in [-0.1, -0.05) is 30.0 Å². The molecule has 4 rings (SSSR count). The van der Waals surface area contributed by atoms with Gasteiger partial charge in [-0.25, -0.2) is 0 Å². The minimum absolute atomic E-state index is 0.151. The van der Waals surface area contributed by atoms with Crippen LogP contribution in [0.15, 0.2) is 40.9 Å². The number of thiophene rings is 1. The molecule has 0 aliphatic carbocycles. The van der Waals surface area contributed by atoms with Gasteiger partial charge in [0.25, 0.3) is 5.69 Å². The normalized spacial score (nSPS) is 16.5. The summed E-state index contributed by atoms with van der Waals surface area (Å²) in [6, 6.07) is 9.24. The van der Waals surface area contributed by atoms with Crippen molar-refractivity contribution in [3.8, 4) is 10.7 Å². The first-order valence-corrected chi connectivity index (χ1v) is 10.9. The zero-order chi connectivity index (χ0) is 19.5. The van der Waals surface area contributed by atoms with E-state index in [2.05, 4.69) is 14.8 Å². The van der Waals surface area contributed by atoms with Crippen LogP contribution in [0.2, 0.25) is 0 Å². The van der Waals surface area contributed by atoms with E-state index in [-0.39, 0.29) is 16.7 Å². The quantitative estimate of drug-likeness (QED) is 0.315. The van der Waals surface area contributed by atoms with Gasteiger partial charge >= 0.3 is 0 Å². The fourth-order valence-electron chi connectivity index (χ4n) is 3.31. The Morgan fingerprint density at radius 1 is 1.36 bits per heavy atom. The summed E-state index contributed by atoms with van der Waals surface area (Å²) in [6.45, 7) is 3.31. The molecule has 0 radical (unpaired) electrons. The molecule has 28 heavy (non-hydrogen) atoms. The van der Waals surface area contributed by atoms with Gasteiger partial charge in [0.2, 0.25) is 0 Å². The number of benzene rings is 1.